The van der Waals surface area contributed by atoms with Crippen LogP contribution in [0.4, 0.5) is 0 Å². The molecule has 0 aromatic carbocycles. The monoisotopic (exact) mass is 231 g/mol. The average molecular weight is 231 g/mol. The second-order valence-electron chi connectivity index (χ2n) is 5.14. The van der Waals surface area contributed by atoms with E-state index in [0.717, 1.165) is 12.8 Å². The quantitative estimate of drug-likeness (QED) is 0.639. The Morgan fingerprint density at radius 2 is 1.81 bits per heavy atom. The van der Waals surface area contributed by atoms with Gasteiger partial charge in [-0.2, -0.15) is 0 Å². The summed E-state index contributed by atoms with van der Waals surface area (Å²) in [6, 6.07) is 0.461. The van der Waals surface area contributed by atoms with Crippen molar-refractivity contribution in [1.29, 1.82) is 0 Å². The third kappa shape index (κ3) is 9.13. The van der Waals surface area contributed by atoms with Gasteiger partial charge in [-0.15, -0.1) is 0 Å². The van der Waals surface area contributed by atoms with Crippen LogP contribution in [0.2, 0.25) is 0 Å². The van der Waals surface area contributed by atoms with Gasteiger partial charge in [0.1, 0.15) is 0 Å². The molecule has 16 heavy (non-hydrogen) atoms. The van der Waals surface area contributed by atoms with Crippen LogP contribution in [-0.2, 0) is 4.74 Å². The van der Waals surface area contributed by atoms with Crippen LogP contribution in [0.3, 0.4) is 0 Å². The summed E-state index contributed by atoms with van der Waals surface area (Å²) in [6.07, 6.45) is 1.96. The van der Waals surface area contributed by atoms with Gasteiger partial charge in [-0.25, -0.2) is 0 Å². The molecule has 0 saturated heterocycles. The highest BCUT2D eigenvalue weighted by Gasteiger charge is 2.10. The van der Waals surface area contributed by atoms with E-state index in [4.69, 9.17) is 4.74 Å². The number of aliphatic hydroxyl groups excluding tert-OH is 1. The number of rotatable bonds is 9. The van der Waals surface area contributed by atoms with Crippen molar-refractivity contribution in [1.82, 2.24) is 5.32 Å². The number of ether oxygens (including phenoxy) is 1. The summed E-state index contributed by atoms with van der Waals surface area (Å²) >= 11 is 0. The van der Waals surface area contributed by atoms with E-state index in [1.54, 1.807) is 0 Å². The molecule has 3 heteroatoms. The Hall–Kier alpha value is -0.120. The smallest absolute Gasteiger partial charge is 0.0897 e. The van der Waals surface area contributed by atoms with Crippen LogP contribution in [-0.4, -0.2) is 36.5 Å². The van der Waals surface area contributed by atoms with Gasteiger partial charge in [0.05, 0.1) is 18.8 Å². The molecule has 0 heterocycles. The first kappa shape index (κ1) is 15.9. The third-order valence-electron chi connectivity index (χ3n) is 2.69. The van der Waals surface area contributed by atoms with Crippen LogP contribution in [0.1, 0.15) is 47.5 Å². The fraction of sp³-hybridized carbons (Fsp3) is 1.00. The van der Waals surface area contributed by atoms with Crippen molar-refractivity contribution >= 4 is 0 Å². The van der Waals surface area contributed by atoms with Crippen molar-refractivity contribution in [3.63, 3.8) is 0 Å². The number of aliphatic hydroxyl groups is 1. The molecule has 2 N–H and O–H groups in total. The molecule has 0 bridgehead atoms. The first-order chi connectivity index (χ1) is 7.45. The molecule has 0 fully saturated rings. The Kier molecular flexibility index (Phi) is 8.90. The molecule has 0 radical (unpaired) electrons. The van der Waals surface area contributed by atoms with Gasteiger partial charge in [0.25, 0.3) is 0 Å². The van der Waals surface area contributed by atoms with Crippen LogP contribution in [0, 0.1) is 5.92 Å². The minimum atomic E-state index is -0.399. The summed E-state index contributed by atoms with van der Waals surface area (Å²) in [6.45, 7) is 11.7. The van der Waals surface area contributed by atoms with Gasteiger partial charge in [-0.3, -0.25) is 0 Å². The molecule has 3 atom stereocenters. The molecule has 0 aromatic heterocycles. The van der Waals surface area contributed by atoms with Gasteiger partial charge < -0.3 is 15.2 Å². The molecule has 0 saturated carbocycles. The topological polar surface area (TPSA) is 41.5 Å². The summed E-state index contributed by atoms with van der Waals surface area (Å²) in [5, 5.41) is 13.0. The minimum Gasteiger partial charge on any atom is -0.389 e. The first-order valence-corrected chi connectivity index (χ1v) is 6.48. The summed E-state index contributed by atoms with van der Waals surface area (Å²) in [7, 11) is 0. The van der Waals surface area contributed by atoms with E-state index in [9.17, 15) is 5.11 Å². The van der Waals surface area contributed by atoms with Crippen molar-refractivity contribution < 1.29 is 9.84 Å². The van der Waals surface area contributed by atoms with Crippen LogP contribution in [0.25, 0.3) is 0 Å². The highest BCUT2D eigenvalue weighted by atomic mass is 16.5. The van der Waals surface area contributed by atoms with Gasteiger partial charge >= 0.3 is 0 Å². The zero-order chi connectivity index (χ0) is 12.6. The Bertz CT molecular complexity index is 162. The molecule has 0 aliphatic heterocycles. The molecule has 0 amide bonds. The van der Waals surface area contributed by atoms with Crippen LogP contribution in [0.5, 0.6) is 0 Å². The lowest BCUT2D eigenvalue weighted by molar-refractivity contribution is -0.00914. The van der Waals surface area contributed by atoms with Crippen molar-refractivity contribution in [2.24, 2.45) is 5.92 Å². The van der Waals surface area contributed by atoms with Crippen molar-refractivity contribution in [3.05, 3.63) is 0 Å². The van der Waals surface area contributed by atoms with E-state index in [-0.39, 0.29) is 6.10 Å². The normalized spacial score (nSPS) is 17.4. The molecular weight excluding hydrogens is 202 g/mol. The van der Waals surface area contributed by atoms with Crippen LogP contribution < -0.4 is 5.32 Å². The Morgan fingerprint density at radius 1 is 1.19 bits per heavy atom. The first-order valence-electron chi connectivity index (χ1n) is 6.48. The van der Waals surface area contributed by atoms with Crippen LogP contribution in [0.15, 0.2) is 0 Å². The maximum absolute atomic E-state index is 9.69. The van der Waals surface area contributed by atoms with E-state index in [1.165, 1.54) is 0 Å². The van der Waals surface area contributed by atoms with Gasteiger partial charge in [0.2, 0.25) is 0 Å². The summed E-state index contributed by atoms with van der Waals surface area (Å²) in [5.74, 6) is 0.644. The van der Waals surface area contributed by atoms with Crippen molar-refractivity contribution in [3.8, 4) is 0 Å². The lowest BCUT2D eigenvalue weighted by atomic mass is 10.1. The Morgan fingerprint density at radius 3 is 2.31 bits per heavy atom. The Balaban J connectivity index is 3.52. The zero-order valence-electron chi connectivity index (χ0n) is 11.5. The molecule has 3 unspecified atom stereocenters. The SMILES string of the molecule is CCC(C)NCC(O)COC(C)CC(C)C. The highest BCUT2D eigenvalue weighted by Crippen LogP contribution is 2.07. The molecule has 0 aliphatic rings. The predicted molar refractivity (Wildman–Crippen MR) is 68.6 cm³/mol. The van der Waals surface area contributed by atoms with Crippen LogP contribution >= 0.6 is 0 Å². The number of nitrogens with one attached hydrogen (secondary N) is 1. The minimum absolute atomic E-state index is 0.234. The molecular formula is C13H29NO2. The van der Waals surface area contributed by atoms with E-state index in [0.29, 0.717) is 25.1 Å². The standard InChI is InChI=1S/C13H29NO2/c1-6-11(4)14-8-13(15)9-16-12(5)7-10(2)3/h10-15H,6-9H2,1-5H3. The molecule has 0 spiro atoms. The zero-order valence-corrected chi connectivity index (χ0v) is 11.5. The molecule has 3 nitrogen and oxygen atoms in total. The lowest BCUT2D eigenvalue weighted by Crippen LogP contribution is -2.36. The average Bonchev–Trinajstić information content (AvgIpc) is 2.22. The molecule has 0 rings (SSSR count). The number of hydrogen-bond acceptors (Lipinski definition) is 3. The summed E-state index contributed by atoms with van der Waals surface area (Å²) in [5.41, 5.74) is 0. The fourth-order valence-corrected chi connectivity index (χ4v) is 1.55. The largest absolute Gasteiger partial charge is 0.389 e. The van der Waals surface area contributed by atoms with E-state index >= 15 is 0 Å². The van der Waals surface area contributed by atoms with Gasteiger partial charge in [0, 0.05) is 12.6 Å². The lowest BCUT2D eigenvalue weighted by Gasteiger charge is -2.19. The van der Waals surface area contributed by atoms with E-state index in [1.807, 2.05) is 0 Å². The second kappa shape index (κ2) is 8.97. The summed E-state index contributed by atoms with van der Waals surface area (Å²) in [4.78, 5) is 0. The van der Waals surface area contributed by atoms with E-state index in [2.05, 4.69) is 39.9 Å². The van der Waals surface area contributed by atoms with E-state index < -0.39 is 6.10 Å². The maximum atomic E-state index is 9.69. The maximum Gasteiger partial charge on any atom is 0.0897 e. The Labute approximate surface area is 101 Å². The van der Waals surface area contributed by atoms with Gasteiger partial charge in [0.15, 0.2) is 0 Å². The number of hydrogen-bond donors (Lipinski definition) is 2. The predicted octanol–water partition coefficient (Wildman–Crippen LogP) is 2.19. The van der Waals surface area contributed by atoms with Crippen molar-refractivity contribution in [2.75, 3.05) is 13.2 Å². The third-order valence-corrected chi connectivity index (χ3v) is 2.69. The highest BCUT2D eigenvalue weighted by molar-refractivity contribution is 4.64. The summed E-state index contributed by atoms with van der Waals surface area (Å²) < 4.78 is 5.59. The van der Waals surface area contributed by atoms with Gasteiger partial charge in [-0.05, 0) is 32.6 Å². The molecule has 98 valence electrons. The molecule has 0 aromatic rings. The second-order valence-corrected chi connectivity index (χ2v) is 5.14. The van der Waals surface area contributed by atoms with Crippen molar-refractivity contribution in [2.45, 2.75) is 65.7 Å². The molecule has 0 aliphatic carbocycles. The van der Waals surface area contributed by atoms with Gasteiger partial charge in [-0.1, -0.05) is 20.8 Å². The fourth-order valence-electron chi connectivity index (χ4n) is 1.55.